The second-order valence-electron chi connectivity index (χ2n) is 8.28. The summed E-state index contributed by atoms with van der Waals surface area (Å²) in [4.78, 5) is 30.7. The first-order valence-electron chi connectivity index (χ1n) is 10.6. The molecule has 1 saturated heterocycles. The van der Waals surface area contributed by atoms with Crippen molar-refractivity contribution in [1.29, 1.82) is 0 Å². The number of rotatable bonds is 3. The Morgan fingerprint density at radius 3 is 2.58 bits per heavy atom. The lowest BCUT2D eigenvalue weighted by Crippen LogP contribution is -2.49. The first-order valence-corrected chi connectivity index (χ1v) is 11.0. The van der Waals surface area contributed by atoms with Crippen LogP contribution in [0.5, 0.6) is 5.75 Å². The van der Waals surface area contributed by atoms with E-state index in [0.29, 0.717) is 41.3 Å². The number of ether oxygens (including phenoxy) is 1. The van der Waals surface area contributed by atoms with Gasteiger partial charge in [0, 0.05) is 38.9 Å². The van der Waals surface area contributed by atoms with Crippen molar-refractivity contribution in [3.63, 3.8) is 0 Å². The molecular weight excluding hydrogens is 414 g/mol. The van der Waals surface area contributed by atoms with E-state index in [-0.39, 0.29) is 23.0 Å². The minimum Gasteiger partial charge on any atom is -0.487 e. The van der Waals surface area contributed by atoms with Gasteiger partial charge < -0.3 is 14.2 Å². The Balaban J connectivity index is 1.40. The van der Waals surface area contributed by atoms with Crippen molar-refractivity contribution in [3.05, 3.63) is 75.0 Å². The standard InChI is InChI=1S/C24H24ClN3O3/c1-16-13-28-15-18(23(29)21-19(25)7-8-20(31-16)22(21)28)24(30)27-11-9-26(10-12-27)14-17-5-3-2-4-6-17/h2-8,15-16H,9-14H2,1H3/t16-/m0/s1. The summed E-state index contributed by atoms with van der Waals surface area (Å²) < 4.78 is 7.81. The zero-order chi connectivity index (χ0) is 21.5. The quantitative estimate of drug-likeness (QED) is 0.630. The van der Waals surface area contributed by atoms with Gasteiger partial charge in [-0.05, 0) is 24.6 Å². The van der Waals surface area contributed by atoms with Gasteiger partial charge in [-0.3, -0.25) is 14.5 Å². The lowest BCUT2D eigenvalue weighted by molar-refractivity contribution is 0.0626. The van der Waals surface area contributed by atoms with E-state index in [2.05, 4.69) is 17.0 Å². The van der Waals surface area contributed by atoms with E-state index in [1.54, 1.807) is 23.2 Å². The molecule has 3 aromatic rings. The van der Waals surface area contributed by atoms with E-state index in [1.807, 2.05) is 29.7 Å². The predicted octanol–water partition coefficient (Wildman–Crippen LogP) is 3.39. The monoisotopic (exact) mass is 437 g/mol. The normalized spacial score (nSPS) is 18.8. The van der Waals surface area contributed by atoms with Crippen LogP contribution >= 0.6 is 11.6 Å². The predicted molar refractivity (Wildman–Crippen MR) is 121 cm³/mol. The summed E-state index contributed by atoms with van der Waals surface area (Å²) in [7, 11) is 0. The maximum atomic E-state index is 13.3. The highest BCUT2D eigenvalue weighted by Crippen LogP contribution is 2.33. The number of halogens is 1. The van der Waals surface area contributed by atoms with Crippen molar-refractivity contribution in [1.82, 2.24) is 14.4 Å². The molecule has 0 N–H and O–H groups in total. The fraction of sp³-hybridized carbons (Fsp3) is 0.333. The minimum atomic E-state index is -0.326. The van der Waals surface area contributed by atoms with Crippen LogP contribution in [0.2, 0.25) is 5.02 Å². The van der Waals surface area contributed by atoms with Crippen LogP contribution < -0.4 is 10.2 Å². The van der Waals surface area contributed by atoms with Crippen molar-refractivity contribution < 1.29 is 9.53 Å². The average molecular weight is 438 g/mol. The second kappa shape index (κ2) is 8.02. The number of carbonyl (C=O) groups excluding carboxylic acids is 1. The third-order valence-electron chi connectivity index (χ3n) is 6.05. The molecule has 0 unspecified atom stereocenters. The molecule has 1 fully saturated rings. The highest BCUT2D eigenvalue weighted by atomic mass is 35.5. The summed E-state index contributed by atoms with van der Waals surface area (Å²) in [5.74, 6) is 0.402. The molecule has 31 heavy (non-hydrogen) atoms. The Labute approximate surface area is 185 Å². The summed E-state index contributed by atoms with van der Waals surface area (Å²) in [6.45, 7) is 6.13. The lowest BCUT2D eigenvalue weighted by Gasteiger charge is -2.35. The largest absolute Gasteiger partial charge is 0.487 e. The highest BCUT2D eigenvalue weighted by molar-refractivity contribution is 6.35. The number of hydrogen-bond donors (Lipinski definition) is 0. The summed E-state index contributed by atoms with van der Waals surface area (Å²) in [5.41, 5.74) is 1.78. The molecule has 0 saturated carbocycles. The molecule has 0 spiro atoms. The van der Waals surface area contributed by atoms with Crippen molar-refractivity contribution in [2.24, 2.45) is 0 Å². The molecule has 1 atom stereocenters. The summed E-state index contributed by atoms with van der Waals surface area (Å²) in [6, 6.07) is 13.8. The van der Waals surface area contributed by atoms with Gasteiger partial charge in [0.15, 0.2) is 0 Å². The van der Waals surface area contributed by atoms with E-state index in [1.165, 1.54) is 5.56 Å². The molecule has 2 aliphatic heterocycles. The zero-order valence-electron chi connectivity index (χ0n) is 17.4. The fourth-order valence-corrected chi connectivity index (χ4v) is 4.74. The summed E-state index contributed by atoms with van der Waals surface area (Å²) in [5, 5.41) is 0.706. The highest BCUT2D eigenvalue weighted by Gasteiger charge is 2.28. The minimum absolute atomic E-state index is 0.0520. The van der Waals surface area contributed by atoms with Gasteiger partial charge in [-0.1, -0.05) is 41.9 Å². The van der Waals surface area contributed by atoms with Crippen LogP contribution in [0.1, 0.15) is 22.8 Å². The molecule has 160 valence electrons. The molecule has 2 aliphatic rings. The summed E-state index contributed by atoms with van der Waals surface area (Å²) in [6.07, 6.45) is 1.63. The molecule has 2 aromatic carbocycles. The van der Waals surface area contributed by atoms with Gasteiger partial charge in [0.25, 0.3) is 5.91 Å². The van der Waals surface area contributed by atoms with Crippen molar-refractivity contribution in [2.45, 2.75) is 26.1 Å². The average Bonchev–Trinajstić information content (AvgIpc) is 2.77. The first kappa shape index (κ1) is 20.1. The molecule has 0 bridgehead atoms. The van der Waals surface area contributed by atoms with Gasteiger partial charge in [0.1, 0.15) is 17.4 Å². The van der Waals surface area contributed by atoms with E-state index < -0.39 is 0 Å². The molecule has 3 heterocycles. The van der Waals surface area contributed by atoms with Crippen LogP contribution in [-0.4, -0.2) is 52.6 Å². The molecule has 1 aromatic heterocycles. The Morgan fingerprint density at radius 2 is 1.84 bits per heavy atom. The van der Waals surface area contributed by atoms with Gasteiger partial charge in [0.05, 0.1) is 22.5 Å². The van der Waals surface area contributed by atoms with Crippen molar-refractivity contribution in [2.75, 3.05) is 26.2 Å². The SMILES string of the molecule is C[C@H]1Cn2cc(C(=O)N3CCN(Cc4ccccc4)CC3)c(=O)c3c(Cl)ccc(c32)O1. The summed E-state index contributed by atoms with van der Waals surface area (Å²) >= 11 is 6.38. The Morgan fingerprint density at radius 1 is 1.10 bits per heavy atom. The van der Waals surface area contributed by atoms with Gasteiger partial charge in [0.2, 0.25) is 5.43 Å². The maximum Gasteiger partial charge on any atom is 0.259 e. The van der Waals surface area contributed by atoms with Crippen LogP contribution in [0.4, 0.5) is 0 Å². The number of carbonyl (C=O) groups is 1. The Bertz CT molecular complexity index is 1200. The first-order chi connectivity index (χ1) is 15.0. The third-order valence-corrected chi connectivity index (χ3v) is 6.37. The number of piperazine rings is 1. The molecule has 0 aliphatic carbocycles. The number of pyridine rings is 1. The smallest absolute Gasteiger partial charge is 0.259 e. The van der Waals surface area contributed by atoms with Crippen LogP contribution in [0.15, 0.2) is 53.5 Å². The number of aromatic nitrogens is 1. The fourth-order valence-electron chi connectivity index (χ4n) is 4.51. The van der Waals surface area contributed by atoms with Crippen molar-refractivity contribution in [3.8, 4) is 5.75 Å². The molecule has 5 rings (SSSR count). The van der Waals surface area contributed by atoms with E-state index >= 15 is 0 Å². The van der Waals surface area contributed by atoms with Crippen LogP contribution in [0, 0.1) is 0 Å². The second-order valence-corrected chi connectivity index (χ2v) is 8.68. The number of hydrogen-bond acceptors (Lipinski definition) is 4. The third kappa shape index (κ3) is 3.70. The van der Waals surface area contributed by atoms with Crippen molar-refractivity contribution >= 4 is 28.4 Å². The van der Waals surface area contributed by atoms with Crippen LogP contribution in [0.3, 0.4) is 0 Å². The zero-order valence-corrected chi connectivity index (χ0v) is 18.1. The molecule has 6 nitrogen and oxygen atoms in total. The maximum absolute atomic E-state index is 13.3. The molecule has 1 amide bonds. The van der Waals surface area contributed by atoms with E-state index in [0.717, 1.165) is 19.6 Å². The van der Waals surface area contributed by atoms with Gasteiger partial charge in [-0.15, -0.1) is 0 Å². The number of amides is 1. The van der Waals surface area contributed by atoms with Gasteiger partial charge in [-0.2, -0.15) is 0 Å². The van der Waals surface area contributed by atoms with Gasteiger partial charge >= 0.3 is 0 Å². The number of nitrogens with zero attached hydrogens (tertiary/aromatic N) is 3. The molecular formula is C24H24ClN3O3. The Kier molecular flexibility index (Phi) is 5.20. The van der Waals surface area contributed by atoms with Crippen LogP contribution in [0.25, 0.3) is 10.9 Å². The topological polar surface area (TPSA) is 54.8 Å². The molecule has 7 heteroatoms. The number of benzene rings is 2. The van der Waals surface area contributed by atoms with Gasteiger partial charge in [-0.25, -0.2) is 0 Å². The van der Waals surface area contributed by atoms with E-state index in [9.17, 15) is 9.59 Å². The lowest BCUT2D eigenvalue weighted by atomic mass is 10.1. The Hall–Kier alpha value is -2.83. The van der Waals surface area contributed by atoms with E-state index in [4.69, 9.17) is 16.3 Å². The van der Waals surface area contributed by atoms with Crippen LogP contribution in [-0.2, 0) is 13.1 Å². The molecule has 0 radical (unpaired) electrons.